The molecular weight excluding hydrogens is 357 g/mol. The quantitative estimate of drug-likeness (QED) is 0.541. The SMILES string of the molecule is O=[N+]([O-])c1cc(C(F)(F)F)ccc1Sc1n[nH]c(-c2ccccc2)n1. The van der Waals surface area contributed by atoms with Crippen molar-refractivity contribution < 1.29 is 18.1 Å². The minimum atomic E-state index is -4.65. The Morgan fingerprint density at radius 1 is 1.12 bits per heavy atom. The van der Waals surface area contributed by atoms with Crippen LogP contribution in [0.3, 0.4) is 0 Å². The lowest BCUT2D eigenvalue weighted by molar-refractivity contribution is -0.388. The Labute approximate surface area is 143 Å². The number of halogens is 3. The molecule has 0 aliphatic rings. The van der Waals surface area contributed by atoms with Crippen LogP contribution in [-0.4, -0.2) is 20.1 Å². The zero-order valence-corrected chi connectivity index (χ0v) is 13.1. The van der Waals surface area contributed by atoms with Crippen LogP contribution in [0.15, 0.2) is 58.6 Å². The van der Waals surface area contributed by atoms with Crippen LogP contribution in [0, 0.1) is 10.1 Å². The Balaban J connectivity index is 1.91. The molecule has 0 unspecified atom stereocenters. The molecule has 0 bridgehead atoms. The van der Waals surface area contributed by atoms with E-state index in [4.69, 9.17) is 0 Å². The molecule has 0 spiro atoms. The van der Waals surface area contributed by atoms with Gasteiger partial charge < -0.3 is 0 Å². The summed E-state index contributed by atoms with van der Waals surface area (Å²) in [6.07, 6.45) is -4.65. The highest BCUT2D eigenvalue weighted by molar-refractivity contribution is 7.99. The van der Waals surface area contributed by atoms with E-state index in [0.29, 0.717) is 11.9 Å². The fraction of sp³-hybridized carbons (Fsp3) is 0.0667. The van der Waals surface area contributed by atoms with Crippen LogP contribution in [-0.2, 0) is 6.18 Å². The van der Waals surface area contributed by atoms with Crippen molar-refractivity contribution in [3.63, 3.8) is 0 Å². The van der Waals surface area contributed by atoms with E-state index in [2.05, 4.69) is 15.2 Å². The largest absolute Gasteiger partial charge is 0.416 e. The first kappa shape index (κ1) is 17.0. The molecule has 0 saturated heterocycles. The van der Waals surface area contributed by atoms with E-state index in [1.165, 1.54) is 0 Å². The molecule has 3 rings (SSSR count). The first-order chi connectivity index (χ1) is 11.8. The molecule has 1 heterocycles. The minimum absolute atomic E-state index is 0.0246. The van der Waals surface area contributed by atoms with Gasteiger partial charge in [0.15, 0.2) is 5.82 Å². The number of nitrogens with zero attached hydrogens (tertiary/aromatic N) is 3. The highest BCUT2D eigenvalue weighted by atomic mass is 32.2. The van der Waals surface area contributed by atoms with Gasteiger partial charge in [0.1, 0.15) is 0 Å². The summed E-state index contributed by atoms with van der Waals surface area (Å²) >= 11 is 0.815. The van der Waals surface area contributed by atoms with Crippen LogP contribution in [0.2, 0.25) is 0 Å². The predicted molar refractivity (Wildman–Crippen MR) is 84.0 cm³/mol. The molecule has 1 N–H and O–H groups in total. The van der Waals surface area contributed by atoms with Gasteiger partial charge in [-0.3, -0.25) is 15.2 Å². The number of aromatic nitrogens is 3. The smallest absolute Gasteiger partial charge is 0.258 e. The van der Waals surface area contributed by atoms with Gasteiger partial charge in [0, 0.05) is 11.6 Å². The third kappa shape index (κ3) is 3.79. The number of hydrogen-bond donors (Lipinski definition) is 1. The first-order valence-electron chi connectivity index (χ1n) is 6.86. The molecule has 0 amide bonds. The highest BCUT2D eigenvalue weighted by Crippen LogP contribution is 2.38. The Morgan fingerprint density at radius 2 is 1.84 bits per heavy atom. The van der Waals surface area contributed by atoms with Crippen LogP contribution in [0.1, 0.15) is 5.56 Å². The molecule has 6 nitrogen and oxygen atoms in total. The van der Waals surface area contributed by atoms with Crippen molar-refractivity contribution >= 4 is 17.4 Å². The summed E-state index contributed by atoms with van der Waals surface area (Å²) < 4.78 is 38.2. The normalized spacial score (nSPS) is 11.5. The first-order valence-corrected chi connectivity index (χ1v) is 7.67. The van der Waals surface area contributed by atoms with E-state index in [-0.39, 0.29) is 10.1 Å². The fourth-order valence-electron chi connectivity index (χ4n) is 2.04. The molecule has 2 aromatic carbocycles. The summed E-state index contributed by atoms with van der Waals surface area (Å²) in [4.78, 5) is 14.5. The Bertz CT molecular complexity index is 913. The molecular formula is C15H9F3N4O2S. The zero-order valence-electron chi connectivity index (χ0n) is 12.3. The molecule has 1 aromatic heterocycles. The lowest BCUT2D eigenvalue weighted by Gasteiger charge is -2.07. The van der Waals surface area contributed by atoms with E-state index >= 15 is 0 Å². The van der Waals surface area contributed by atoms with Gasteiger partial charge in [-0.1, -0.05) is 30.3 Å². The molecule has 0 aliphatic carbocycles. The second-order valence-electron chi connectivity index (χ2n) is 4.87. The van der Waals surface area contributed by atoms with E-state index in [0.717, 1.165) is 29.5 Å². The maximum atomic E-state index is 12.7. The Hall–Kier alpha value is -2.88. The highest BCUT2D eigenvalue weighted by Gasteiger charge is 2.33. The molecule has 0 atom stereocenters. The number of H-pyrrole nitrogens is 1. The topological polar surface area (TPSA) is 84.7 Å². The van der Waals surface area contributed by atoms with E-state index < -0.39 is 22.4 Å². The average Bonchev–Trinajstić information content (AvgIpc) is 3.03. The number of aromatic amines is 1. The van der Waals surface area contributed by atoms with Crippen molar-refractivity contribution in [2.75, 3.05) is 0 Å². The third-order valence-corrected chi connectivity index (χ3v) is 4.13. The molecule has 0 saturated carbocycles. The molecule has 25 heavy (non-hydrogen) atoms. The van der Waals surface area contributed by atoms with Gasteiger partial charge in [0.25, 0.3) is 5.69 Å². The number of nitro benzene ring substituents is 1. The molecule has 0 fully saturated rings. The fourth-order valence-corrected chi connectivity index (χ4v) is 2.84. The Kier molecular flexibility index (Phi) is 4.45. The lowest BCUT2D eigenvalue weighted by atomic mass is 10.2. The van der Waals surface area contributed by atoms with E-state index in [1.54, 1.807) is 12.1 Å². The molecule has 0 radical (unpaired) electrons. The maximum Gasteiger partial charge on any atom is 0.416 e. The van der Waals surface area contributed by atoms with Crippen molar-refractivity contribution in [3.05, 3.63) is 64.2 Å². The zero-order chi connectivity index (χ0) is 18.0. The summed E-state index contributed by atoms with van der Waals surface area (Å²) in [5.74, 6) is 0.456. The third-order valence-electron chi connectivity index (χ3n) is 3.20. The summed E-state index contributed by atoms with van der Waals surface area (Å²) in [7, 11) is 0. The van der Waals surface area contributed by atoms with Gasteiger partial charge in [-0.25, -0.2) is 4.98 Å². The Morgan fingerprint density at radius 3 is 2.48 bits per heavy atom. The predicted octanol–water partition coefficient (Wildman–Crippen LogP) is 4.55. The van der Waals surface area contributed by atoms with Crippen molar-refractivity contribution in [1.82, 2.24) is 15.2 Å². The van der Waals surface area contributed by atoms with Crippen LogP contribution in [0.25, 0.3) is 11.4 Å². The maximum absolute atomic E-state index is 12.7. The van der Waals surface area contributed by atoms with Crippen molar-refractivity contribution in [2.45, 2.75) is 16.2 Å². The number of nitro groups is 1. The molecule has 10 heteroatoms. The van der Waals surface area contributed by atoms with Crippen LogP contribution < -0.4 is 0 Å². The van der Waals surface area contributed by atoms with Crippen LogP contribution in [0.4, 0.5) is 18.9 Å². The van der Waals surface area contributed by atoms with Crippen molar-refractivity contribution in [2.24, 2.45) is 0 Å². The van der Waals surface area contributed by atoms with Crippen molar-refractivity contribution in [3.8, 4) is 11.4 Å². The average molecular weight is 366 g/mol. The molecule has 3 aromatic rings. The standard InChI is InChI=1S/C15H9F3N4O2S/c16-15(17,18)10-6-7-12(11(8-10)22(23)24)25-14-19-13(20-21-14)9-4-2-1-3-5-9/h1-8H,(H,19,20,21). The van der Waals surface area contributed by atoms with Crippen LogP contribution in [0.5, 0.6) is 0 Å². The molecule has 0 aliphatic heterocycles. The summed E-state index contributed by atoms with van der Waals surface area (Å²) in [5, 5.41) is 17.9. The minimum Gasteiger partial charge on any atom is -0.258 e. The monoisotopic (exact) mass is 366 g/mol. The number of benzene rings is 2. The van der Waals surface area contributed by atoms with Gasteiger partial charge in [-0.05, 0) is 23.9 Å². The van der Waals surface area contributed by atoms with E-state index in [9.17, 15) is 23.3 Å². The summed E-state index contributed by atoms with van der Waals surface area (Å²) in [6.45, 7) is 0. The second kappa shape index (κ2) is 6.55. The van der Waals surface area contributed by atoms with Crippen LogP contribution >= 0.6 is 11.8 Å². The number of alkyl halides is 3. The van der Waals surface area contributed by atoms with Gasteiger partial charge in [-0.2, -0.15) is 13.2 Å². The summed E-state index contributed by atoms with van der Waals surface area (Å²) in [6, 6.07) is 11.4. The number of rotatable bonds is 4. The second-order valence-corrected chi connectivity index (χ2v) is 5.88. The van der Waals surface area contributed by atoms with Gasteiger partial charge in [-0.15, -0.1) is 5.10 Å². The van der Waals surface area contributed by atoms with E-state index in [1.807, 2.05) is 18.2 Å². The van der Waals surface area contributed by atoms with Crippen molar-refractivity contribution in [1.29, 1.82) is 0 Å². The lowest BCUT2D eigenvalue weighted by Crippen LogP contribution is -2.05. The van der Waals surface area contributed by atoms with Gasteiger partial charge in [0.05, 0.1) is 15.4 Å². The number of hydrogen-bond acceptors (Lipinski definition) is 5. The van der Waals surface area contributed by atoms with Gasteiger partial charge >= 0.3 is 6.18 Å². The van der Waals surface area contributed by atoms with Gasteiger partial charge in [0.2, 0.25) is 5.16 Å². The number of nitrogens with one attached hydrogen (secondary N) is 1. The summed E-state index contributed by atoms with van der Waals surface area (Å²) in [5.41, 5.74) is -0.960. The molecule has 128 valence electrons.